The molecule has 1 heterocycles. The van der Waals surface area contributed by atoms with Crippen LogP contribution in [0.4, 0.5) is 0 Å². The summed E-state index contributed by atoms with van der Waals surface area (Å²) in [6.45, 7) is 8.84. The average Bonchev–Trinajstić information content (AvgIpc) is 2.25. The maximum Gasteiger partial charge on any atom is 0.0635 e. The molecule has 0 amide bonds. The first-order valence-electron chi connectivity index (χ1n) is 6.78. The van der Waals surface area contributed by atoms with Crippen LogP contribution in [0.25, 0.3) is 0 Å². The minimum atomic E-state index is -0.0597. The van der Waals surface area contributed by atoms with Gasteiger partial charge >= 0.3 is 0 Å². The van der Waals surface area contributed by atoms with E-state index >= 15 is 0 Å². The van der Waals surface area contributed by atoms with Gasteiger partial charge in [0.2, 0.25) is 0 Å². The zero-order chi connectivity index (χ0) is 11.7. The molecule has 1 aliphatic heterocycles. The van der Waals surface area contributed by atoms with Gasteiger partial charge in [0.15, 0.2) is 0 Å². The van der Waals surface area contributed by atoms with E-state index in [1.54, 1.807) is 0 Å². The highest BCUT2D eigenvalue weighted by molar-refractivity contribution is 4.97. The second kappa shape index (κ2) is 5.03. The van der Waals surface area contributed by atoms with Crippen molar-refractivity contribution in [1.82, 2.24) is 9.80 Å². The van der Waals surface area contributed by atoms with E-state index in [9.17, 15) is 5.11 Å². The van der Waals surface area contributed by atoms with Gasteiger partial charge in [0, 0.05) is 25.0 Å². The topological polar surface area (TPSA) is 26.7 Å². The van der Waals surface area contributed by atoms with E-state index in [2.05, 4.69) is 30.7 Å². The highest BCUT2D eigenvalue weighted by atomic mass is 16.3. The van der Waals surface area contributed by atoms with Crippen LogP contribution in [0.5, 0.6) is 0 Å². The van der Waals surface area contributed by atoms with Crippen molar-refractivity contribution in [3.63, 3.8) is 0 Å². The van der Waals surface area contributed by atoms with Crippen molar-refractivity contribution in [2.24, 2.45) is 11.8 Å². The minimum Gasteiger partial charge on any atom is -0.392 e. The monoisotopic (exact) mass is 226 g/mol. The molecule has 2 fully saturated rings. The smallest absolute Gasteiger partial charge is 0.0635 e. The molecular formula is C13H26N2O. The number of hydrogen-bond donors (Lipinski definition) is 1. The Morgan fingerprint density at radius 2 is 1.88 bits per heavy atom. The highest BCUT2D eigenvalue weighted by Gasteiger charge is 2.43. The standard InChI is InChI=1S/C13H26N2O/c1-4-15(5-2)12-7-6-10-8-14(3)9-11(12)13(10)16/h10-13,16H,4-9H2,1-3H3. The highest BCUT2D eigenvalue weighted by Crippen LogP contribution is 2.36. The molecule has 0 aromatic heterocycles. The largest absolute Gasteiger partial charge is 0.392 e. The summed E-state index contributed by atoms with van der Waals surface area (Å²) in [5.74, 6) is 0.993. The van der Waals surface area contributed by atoms with Gasteiger partial charge in [-0.2, -0.15) is 0 Å². The molecule has 3 nitrogen and oxygen atoms in total. The van der Waals surface area contributed by atoms with Crippen LogP contribution in [0.2, 0.25) is 0 Å². The molecule has 2 bridgehead atoms. The summed E-state index contributed by atoms with van der Waals surface area (Å²) in [5.41, 5.74) is 0. The lowest BCUT2D eigenvalue weighted by atomic mass is 9.72. The number of aliphatic hydroxyl groups excluding tert-OH is 1. The van der Waals surface area contributed by atoms with Gasteiger partial charge in [-0.25, -0.2) is 0 Å². The second-order valence-electron chi connectivity index (χ2n) is 5.50. The SMILES string of the molecule is CCN(CC)C1CCC2CN(C)CC1C2O. The van der Waals surface area contributed by atoms with E-state index in [1.165, 1.54) is 12.8 Å². The predicted molar refractivity (Wildman–Crippen MR) is 66.4 cm³/mol. The molecule has 0 spiro atoms. The number of likely N-dealkylation sites (tertiary alicyclic amines) is 1. The Hall–Kier alpha value is -0.120. The number of hydrogen-bond acceptors (Lipinski definition) is 3. The molecule has 16 heavy (non-hydrogen) atoms. The zero-order valence-electron chi connectivity index (χ0n) is 10.9. The summed E-state index contributed by atoms with van der Waals surface area (Å²) in [6, 6.07) is 0.601. The van der Waals surface area contributed by atoms with Gasteiger partial charge in [0.1, 0.15) is 0 Å². The van der Waals surface area contributed by atoms with Gasteiger partial charge in [0.05, 0.1) is 6.10 Å². The lowest BCUT2D eigenvalue weighted by molar-refractivity contribution is -0.0822. The third-order valence-corrected chi connectivity index (χ3v) is 4.60. The molecule has 1 saturated heterocycles. The third kappa shape index (κ3) is 2.13. The molecule has 1 saturated carbocycles. The molecule has 2 aliphatic rings. The second-order valence-corrected chi connectivity index (χ2v) is 5.50. The van der Waals surface area contributed by atoms with Crippen LogP contribution in [0.15, 0.2) is 0 Å². The van der Waals surface area contributed by atoms with Crippen LogP contribution in [0.1, 0.15) is 26.7 Å². The summed E-state index contributed by atoms with van der Waals surface area (Å²) in [5, 5.41) is 10.4. The van der Waals surface area contributed by atoms with Gasteiger partial charge in [-0.3, -0.25) is 0 Å². The summed E-state index contributed by atoms with van der Waals surface area (Å²) in [7, 11) is 2.19. The fourth-order valence-corrected chi connectivity index (χ4v) is 3.76. The predicted octanol–water partition coefficient (Wildman–Crippen LogP) is 1.03. The Balaban J connectivity index is 2.10. The fourth-order valence-electron chi connectivity index (χ4n) is 3.76. The van der Waals surface area contributed by atoms with Gasteiger partial charge in [-0.15, -0.1) is 0 Å². The molecule has 2 rings (SSSR count). The molecule has 94 valence electrons. The van der Waals surface area contributed by atoms with Crippen LogP contribution in [-0.4, -0.2) is 60.3 Å². The van der Waals surface area contributed by atoms with Gasteiger partial charge in [-0.1, -0.05) is 13.8 Å². The fraction of sp³-hybridized carbons (Fsp3) is 1.00. The van der Waals surface area contributed by atoms with Crippen molar-refractivity contribution < 1.29 is 5.11 Å². The molecule has 4 unspecified atom stereocenters. The van der Waals surface area contributed by atoms with Crippen molar-refractivity contribution >= 4 is 0 Å². The summed E-state index contributed by atoms with van der Waals surface area (Å²) >= 11 is 0. The Bertz CT molecular complexity index is 228. The lowest BCUT2D eigenvalue weighted by Gasteiger charge is -2.50. The Labute approximate surface area is 99.4 Å². The van der Waals surface area contributed by atoms with Gasteiger partial charge < -0.3 is 14.9 Å². The molecule has 0 radical (unpaired) electrons. The molecule has 0 aromatic carbocycles. The molecule has 1 N–H and O–H groups in total. The quantitative estimate of drug-likeness (QED) is 0.778. The van der Waals surface area contributed by atoms with Gasteiger partial charge in [0.25, 0.3) is 0 Å². The number of fused-ring (bicyclic) bond motifs is 2. The number of rotatable bonds is 3. The van der Waals surface area contributed by atoms with Gasteiger partial charge in [-0.05, 0) is 38.9 Å². The van der Waals surface area contributed by atoms with Crippen LogP contribution in [-0.2, 0) is 0 Å². The minimum absolute atomic E-state index is 0.0597. The van der Waals surface area contributed by atoms with Crippen molar-refractivity contribution in [2.45, 2.75) is 38.8 Å². The van der Waals surface area contributed by atoms with Crippen LogP contribution < -0.4 is 0 Å². The molecule has 1 aliphatic carbocycles. The van der Waals surface area contributed by atoms with E-state index in [4.69, 9.17) is 0 Å². The molecule has 3 heteroatoms. The normalized spacial score (nSPS) is 40.3. The zero-order valence-corrected chi connectivity index (χ0v) is 10.9. The van der Waals surface area contributed by atoms with E-state index in [-0.39, 0.29) is 6.10 Å². The summed E-state index contributed by atoms with van der Waals surface area (Å²) < 4.78 is 0. The van der Waals surface area contributed by atoms with E-state index in [1.807, 2.05) is 0 Å². The van der Waals surface area contributed by atoms with Crippen LogP contribution in [0, 0.1) is 11.8 Å². The first kappa shape index (κ1) is 12.3. The first-order chi connectivity index (χ1) is 7.67. The van der Waals surface area contributed by atoms with Crippen molar-refractivity contribution in [3.8, 4) is 0 Å². The van der Waals surface area contributed by atoms with E-state index in [0.717, 1.165) is 26.2 Å². The maximum absolute atomic E-state index is 10.4. The average molecular weight is 226 g/mol. The summed E-state index contributed by atoms with van der Waals surface area (Å²) in [6.07, 6.45) is 2.42. The number of piperidine rings is 1. The van der Waals surface area contributed by atoms with E-state index < -0.39 is 0 Å². The summed E-state index contributed by atoms with van der Waals surface area (Å²) in [4.78, 5) is 4.93. The number of nitrogens with zero attached hydrogens (tertiary/aromatic N) is 2. The van der Waals surface area contributed by atoms with Crippen molar-refractivity contribution in [3.05, 3.63) is 0 Å². The molecule has 4 atom stereocenters. The maximum atomic E-state index is 10.4. The third-order valence-electron chi connectivity index (χ3n) is 4.60. The first-order valence-corrected chi connectivity index (χ1v) is 6.78. The van der Waals surface area contributed by atoms with E-state index in [0.29, 0.717) is 17.9 Å². The Morgan fingerprint density at radius 1 is 1.19 bits per heavy atom. The van der Waals surface area contributed by atoms with Crippen LogP contribution >= 0.6 is 0 Å². The lowest BCUT2D eigenvalue weighted by Crippen LogP contribution is -2.59. The Kier molecular flexibility index (Phi) is 3.88. The molecular weight excluding hydrogens is 200 g/mol. The van der Waals surface area contributed by atoms with Crippen molar-refractivity contribution in [1.29, 1.82) is 0 Å². The van der Waals surface area contributed by atoms with Crippen LogP contribution in [0.3, 0.4) is 0 Å². The molecule has 0 aromatic rings. The van der Waals surface area contributed by atoms with Crippen molar-refractivity contribution in [2.75, 3.05) is 33.2 Å². The Morgan fingerprint density at radius 3 is 2.50 bits per heavy atom. The number of aliphatic hydroxyl groups is 1.